The first-order valence-corrected chi connectivity index (χ1v) is 13.5. The molecular weight excluding hydrogens is 435 g/mol. The molecule has 9 heteroatoms. The Bertz CT molecular complexity index is 760. The second-order valence-electron chi connectivity index (χ2n) is 6.24. The number of carbonyl (C=O) groups is 1. The molecule has 2 amide bonds. The molecule has 0 bridgehead atoms. The Kier molecular flexibility index (Phi) is 9.91. The first-order chi connectivity index (χ1) is 14.1. The summed E-state index contributed by atoms with van der Waals surface area (Å²) in [4.78, 5) is 23.7. The van der Waals surface area contributed by atoms with E-state index in [-0.39, 0.29) is 6.03 Å². The van der Waals surface area contributed by atoms with Crippen molar-refractivity contribution in [2.45, 2.75) is 17.3 Å². The van der Waals surface area contributed by atoms with Crippen molar-refractivity contribution in [2.24, 2.45) is 0 Å². The molecule has 8 nitrogen and oxygen atoms in total. The number of hydrogen-bond donors (Lipinski definition) is 1. The van der Waals surface area contributed by atoms with E-state index in [4.69, 9.17) is 19.2 Å². The Morgan fingerprint density at radius 2 is 1.83 bits per heavy atom. The molecule has 0 aliphatic carbocycles. The van der Waals surface area contributed by atoms with E-state index in [1.165, 1.54) is 0 Å². The summed E-state index contributed by atoms with van der Waals surface area (Å²) < 4.78 is 16.3. The van der Waals surface area contributed by atoms with Crippen LogP contribution in [0.1, 0.15) is 6.42 Å². The quantitative estimate of drug-likeness (QED) is 0.406. The third kappa shape index (κ3) is 6.99. The van der Waals surface area contributed by atoms with Gasteiger partial charge in [-0.15, -0.1) is 0 Å². The zero-order valence-electron chi connectivity index (χ0n) is 17.4. The normalized spacial score (nSPS) is 11.7. The van der Waals surface area contributed by atoms with Crippen LogP contribution in [0.3, 0.4) is 0 Å². The van der Waals surface area contributed by atoms with Gasteiger partial charge in [-0.25, -0.2) is 0 Å². The molecule has 1 aromatic heterocycles. The van der Waals surface area contributed by atoms with Crippen molar-refractivity contribution in [3.8, 4) is 5.75 Å². The van der Waals surface area contributed by atoms with E-state index in [2.05, 4.69) is 16.0 Å². The molecule has 0 saturated carbocycles. The number of nitrogens with one attached hydrogen (secondary N) is 1. The number of ether oxygens (including phenoxy) is 3. The molecule has 29 heavy (non-hydrogen) atoms. The summed E-state index contributed by atoms with van der Waals surface area (Å²) in [7, 11) is 4.94. The van der Waals surface area contributed by atoms with Crippen LogP contribution in [0.5, 0.6) is 5.75 Å². The average molecular weight is 464 g/mol. The predicted molar refractivity (Wildman–Crippen MR) is 115 cm³/mol. The van der Waals surface area contributed by atoms with Gasteiger partial charge in [-0.05, 0) is 0 Å². The van der Waals surface area contributed by atoms with Crippen LogP contribution in [0.4, 0.5) is 16.3 Å². The number of benzene rings is 1. The van der Waals surface area contributed by atoms with Crippen LogP contribution >= 0.6 is 0 Å². The van der Waals surface area contributed by atoms with Gasteiger partial charge in [0.15, 0.2) is 0 Å². The fourth-order valence-electron chi connectivity index (χ4n) is 2.55. The van der Waals surface area contributed by atoms with Crippen LogP contribution in [0.15, 0.2) is 36.5 Å². The van der Waals surface area contributed by atoms with Gasteiger partial charge in [0.2, 0.25) is 0 Å². The number of hydrogen-bond acceptors (Lipinski definition) is 6. The molecule has 0 aliphatic rings. The summed E-state index contributed by atoms with van der Waals surface area (Å²) in [6, 6.07) is 8.81. The first kappa shape index (κ1) is 23.1. The molecule has 1 atom stereocenters. The molecule has 158 valence electrons. The number of aromatic nitrogens is 2. The Balaban J connectivity index is 2.29. The van der Waals surface area contributed by atoms with Crippen LogP contribution in [0.2, 0.25) is 10.9 Å². The number of methoxy groups -OCH3 is 3. The summed E-state index contributed by atoms with van der Waals surface area (Å²) >= 11 is -1.43. The van der Waals surface area contributed by atoms with Crippen LogP contribution in [0.25, 0.3) is 0 Å². The molecule has 0 fully saturated rings. The summed E-state index contributed by atoms with van der Waals surface area (Å²) in [6.07, 6.45) is 2.44. The van der Waals surface area contributed by atoms with Gasteiger partial charge in [-0.1, -0.05) is 0 Å². The number of anilines is 2. The maximum atomic E-state index is 13.0. The molecular formula is C20H29AsN4O4. The van der Waals surface area contributed by atoms with E-state index in [1.54, 1.807) is 38.5 Å². The van der Waals surface area contributed by atoms with Gasteiger partial charge in [0, 0.05) is 0 Å². The minimum absolute atomic E-state index is 0.247. The van der Waals surface area contributed by atoms with Gasteiger partial charge in [-0.3, -0.25) is 0 Å². The SMILES string of the molecule is COCCCNC(=O)N(c1ccc(OC)cc1)c1ccnc([As@@](C)CCOC)n1. The van der Waals surface area contributed by atoms with Gasteiger partial charge < -0.3 is 0 Å². The van der Waals surface area contributed by atoms with Gasteiger partial charge >= 0.3 is 177 Å². The van der Waals surface area contributed by atoms with E-state index in [0.29, 0.717) is 31.3 Å². The number of nitrogens with zero attached hydrogens (tertiary/aromatic N) is 3. The topological polar surface area (TPSA) is 85.8 Å². The molecule has 1 aromatic carbocycles. The fraction of sp³-hybridized carbons (Fsp3) is 0.450. The van der Waals surface area contributed by atoms with E-state index in [0.717, 1.165) is 22.0 Å². The molecule has 0 saturated heterocycles. The van der Waals surface area contributed by atoms with Gasteiger partial charge in [0.05, 0.1) is 0 Å². The van der Waals surface area contributed by atoms with Crippen LogP contribution in [-0.4, -0.2) is 71.7 Å². The standard InChI is InChI=1S/C20H29AsN4O4/c1-21(11-15-28-3)19-22-13-10-18(24-19)25(20(26)23-12-5-14-27-2)16-6-8-17(29-4)9-7-16/h6-10,13H,5,11-12,14-15H2,1-4H3,(H,23,26)/t21-/m0/s1. The molecule has 0 unspecified atom stereocenters. The summed E-state index contributed by atoms with van der Waals surface area (Å²) in [6.45, 7) is 1.78. The zero-order chi connectivity index (χ0) is 21.1. The third-order valence-corrected chi connectivity index (χ3v) is 7.84. The Hall–Kier alpha value is -2.15. The zero-order valence-corrected chi connectivity index (χ0v) is 19.3. The van der Waals surface area contributed by atoms with E-state index >= 15 is 0 Å². The van der Waals surface area contributed by atoms with E-state index < -0.39 is 14.7 Å². The molecule has 1 heterocycles. The maximum absolute atomic E-state index is 13.0. The first-order valence-electron chi connectivity index (χ1n) is 9.34. The Morgan fingerprint density at radius 3 is 2.48 bits per heavy atom. The van der Waals surface area contributed by atoms with E-state index in [9.17, 15) is 4.79 Å². The van der Waals surface area contributed by atoms with Gasteiger partial charge in [-0.2, -0.15) is 0 Å². The molecule has 0 spiro atoms. The van der Waals surface area contributed by atoms with Crippen molar-refractivity contribution in [3.63, 3.8) is 0 Å². The predicted octanol–water partition coefficient (Wildman–Crippen LogP) is 2.35. The van der Waals surface area contributed by atoms with E-state index in [1.807, 2.05) is 24.3 Å². The molecule has 0 radical (unpaired) electrons. The molecule has 2 rings (SSSR count). The molecule has 2 aromatic rings. The van der Waals surface area contributed by atoms with Crippen LogP contribution in [0, 0.1) is 0 Å². The minimum atomic E-state index is -1.43. The van der Waals surface area contributed by atoms with Crippen LogP contribution < -0.4 is 19.6 Å². The van der Waals surface area contributed by atoms with Crippen molar-refractivity contribution < 1.29 is 19.0 Å². The summed E-state index contributed by atoms with van der Waals surface area (Å²) in [5.74, 6) is 1.27. The van der Waals surface area contributed by atoms with Crippen molar-refractivity contribution in [1.29, 1.82) is 0 Å². The monoisotopic (exact) mass is 464 g/mol. The number of urea groups is 1. The third-order valence-electron chi connectivity index (χ3n) is 4.16. The molecule has 1 N–H and O–H groups in total. The van der Waals surface area contributed by atoms with Crippen molar-refractivity contribution in [3.05, 3.63) is 36.5 Å². The average Bonchev–Trinajstić information content (AvgIpc) is 2.76. The molecule has 0 aliphatic heterocycles. The Labute approximate surface area is 176 Å². The number of carbonyl (C=O) groups excluding carboxylic acids is 1. The van der Waals surface area contributed by atoms with Crippen molar-refractivity contribution in [1.82, 2.24) is 15.3 Å². The Morgan fingerprint density at radius 1 is 1.10 bits per heavy atom. The van der Waals surface area contributed by atoms with Crippen molar-refractivity contribution >= 4 is 36.8 Å². The van der Waals surface area contributed by atoms with Crippen molar-refractivity contribution in [2.75, 3.05) is 46.0 Å². The second kappa shape index (κ2) is 12.4. The summed E-state index contributed by atoms with van der Waals surface area (Å²) in [5.41, 5.74) is 2.89. The van der Waals surface area contributed by atoms with Crippen LogP contribution in [-0.2, 0) is 9.47 Å². The van der Waals surface area contributed by atoms with Gasteiger partial charge in [0.25, 0.3) is 0 Å². The van der Waals surface area contributed by atoms with Gasteiger partial charge in [0.1, 0.15) is 0 Å². The number of rotatable bonds is 11. The fourth-order valence-corrected chi connectivity index (χ4v) is 5.06. The number of amides is 2. The second-order valence-corrected chi connectivity index (χ2v) is 10.9. The summed E-state index contributed by atoms with van der Waals surface area (Å²) in [5, 5.41) is 3.88.